The molecule has 0 bridgehead atoms. The van der Waals surface area contributed by atoms with Gasteiger partial charge in [-0.05, 0) is 30.4 Å². The van der Waals surface area contributed by atoms with Crippen molar-refractivity contribution in [1.82, 2.24) is 0 Å². The number of halogens is 1. The van der Waals surface area contributed by atoms with Gasteiger partial charge in [-0.25, -0.2) is 4.39 Å². The topological polar surface area (TPSA) is 26.0 Å². The molecule has 0 saturated heterocycles. The van der Waals surface area contributed by atoms with Crippen molar-refractivity contribution >= 4 is 17.4 Å². The lowest BCUT2D eigenvalue weighted by molar-refractivity contribution is 0.394. The van der Waals surface area contributed by atoms with Gasteiger partial charge in [0.1, 0.15) is 5.82 Å². The van der Waals surface area contributed by atoms with Crippen LogP contribution in [-0.2, 0) is 5.75 Å². The molecule has 2 N–H and O–H groups in total. The summed E-state index contributed by atoms with van der Waals surface area (Å²) >= 11 is 1.88. The van der Waals surface area contributed by atoms with Gasteiger partial charge in [0.2, 0.25) is 0 Å². The van der Waals surface area contributed by atoms with E-state index in [1.807, 2.05) is 23.9 Å². The summed E-state index contributed by atoms with van der Waals surface area (Å²) in [5.74, 6) is 1.34. The van der Waals surface area contributed by atoms with E-state index in [1.54, 1.807) is 6.07 Å². The van der Waals surface area contributed by atoms with E-state index < -0.39 is 0 Å². The monoisotopic (exact) mass is 253 g/mol. The van der Waals surface area contributed by atoms with E-state index in [0.29, 0.717) is 5.25 Å². The van der Waals surface area contributed by atoms with Crippen LogP contribution in [0.5, 0.6) is 0 Å². The highest BCUT2D eigenvalue weighted by Crippen LogP contribution is 2.34. The molecule has 1 aliphatic carbocycles. The highest BCUT2D eigenvalue weighted by molar-refractivity contribution is 7.99. The highest BCUT2D eigenvalue weighted by atomic mass is 32.2. The first-order chi connectivity index (χ1) is 8.16. The molecular weight excluding hydrogens is 233 g/mol. The summed E-state index contributed by atoms with van der Waals surface area (Å²) in [6.07, 6.45) is 5.22. The van der Waals surface area contributed by atoms with E-state index in [0.717, 1.165) is 17.2 Å². The SMILES string of the molecule is CC1CCCC(SCc2cccc(N)c2F)C1. The number of hydrogen-bond acceptors (Lipinski definition) is 2. The van der Waals surface area contributed by atoms with E-state index in [9.17, 15) is 4.39 Å². The van der Waals surface area contributed by atoms with Crippen molar-refractivity contribution in [1.29, 1.82) is 0 Å². The molecule has 2 rings (SSSR count). The lowest BCUT2D eigenvalue weighted by Gasteiger charge is -2.26. The van der Waals surface area contributed by atoms with Crippen molar-refractivity contribution in [2.24, 2.45) is 5.92 Å². The molecule has 1 aromatic rings. The fourth-order valence-corrected chi connectivity index (χ4v) is 3.88. The number of nitrogens with two attached hydrogens (primary N) is 1. The smallest absolute Gasteiger partial charge is 0.150 e. The Labute approximate surface area is 107 Å². The quantitative estimate of drug-likeness (QED) is 0.816. The van der Waals surface area contributed by atoms with Gasteiger partial charge in [-0.2, -0.15) is 11.8 Å². The molecule has 0 aliphatic heterocycles. The van der Waals surface area contributed by atoms with Gasteiger partial charge in [-0.1, -0.05) is 31.9 Å². The third-order valence-electron chi connectivity index (χ3n) is 3.47. The van der Waals surface area contributed by atoms with Crippen molar-refractivity contribution in [3.05, 3.63) is 29.6 Å². The van der Waals surface area contributed by atoms with Crippen molar-refractivity contribution in [3.8, 4) is 0 Å². The second kappa shape index (κ2) is 5.76. The molecule has 0 radical (unpaired) electrons. The number of nitrogen functional groups attached to an aromatic ring is 1. The van der Waals surface area contributed by atoms with E-state index >= 15 is 0 Å². The molecule has 1 saturated carbocycles. The molecule has 1 nitrogen and oxygen atoms in total. The molecule has 0 heterocycles. The largest absolute Gasteiger partial charge is 0.396 e. The maximum atomic E-state index is 13.7. The van der Waals surface area contributed by atoms with Gasteiger partial charge in [0, 0.05) is 11.0 Å². The minimum atomic E-state index is -0.233. The lowest BCUT2D eigenvalue weighted by Crippen LogP contribution is -2.15. The Morgan fingerprint density at radius 2 is 2.24 bits per heavy atom. The normalized spacial score (nSPS) is 24.8. The third kappa shape index (κ3) is 3.38. The van der Waals surface area contributed by atoms with Gasteiger partial charge < -0.3 is 5.73 Å². The van der Waals surface area contributed by atoms with Crippen LogP contribution in [0.25, 0.3) is 0 Å². The average molecular weight is 253 g/mol. The Kier molecular flexibility index (Phi) is 4.32. The molecule has 0 spiro atoms. The highest BCUT2D eigenvalue weighted by Gasteiger charge is 2.19. The van der Waals surface area contributed by atoms with Crippen LogP contribution in [0.4, 0.5) is 10.1 Å². The number of benzene rings is 1. The Balaban J connectivity index is 1.91. The molecule has 3 heteroatoms. The zero-order chi connectivity index (χ0) is 12.3. The standard InChI is InChI=1S/C14H20FNS/c1-10-4-2-6-12(8-10)17-9-11-5-3-7-13(16)14(11)15/h3,5,7,10,12H,2,4,6,8-9,16H2,1H3. The molecule has 1 aliphatic rings. The van der Waals surface area contributed by atoms with Crippen LogP contribution in [0.2, 0.25) is 0 Å². The van der Waals surface area contributed by atoms with Crippen molar-refractivity contribution in [2.75, 3.05) is 5.73 Å². The van der Waals surface area contributed by atoms with E-state index in [2.05, 4.69) is 6.92 Å². The van der Waals surface area contributed by atoms with Crippen molar-refractivity contribution < 1.29 is 4.39 Å². The molecule has 1 aromatic carbocycles. The molecule has 17 heavy (non-hydrogen) atoms. The van der Waals surface area contributed by atoms with Crippen LogP contribution in [0.1, 0.15) is 38.2 Å². The predicted octanol–water partition coefficient (Wildman–Crippen LogP) is 4.22. The average Bonchev–Trinajstić information content (AvgIpc) is 2.31. The zero-order valence-corrected chi connectivity index (χ0v) is 11.1. The van der Waals surface area contributed by atoms with Gasteiger partial charge in [0.25, 0.3) is 0 Å². The molecule has 2 unspecified atom stereocenters. The van der Waals surface area contributed by atoms with E-state index in [4.69, 9.17) is 5.73 Å². The summed E-state index contributed by atoms with van der Waals surface area (Å²) in [7, 11) is 0. The first-order valence-electron chi connectivity index (χ1n) is 6.31. The fraction of sp³-hybridized carbons (Fsp3) is 0.571. The second-order valence-corrected chi connectivity index (χ2v) is 6.31. The summed E-state index contributed by atoms with van der Waals surface area (Å²) in [6, 6.07) is 5.29. The number of rotatable bonds is 3. The molecular formula is C14H20FNS. The lowest BCUT2D eigenvalue weighted by atomic mass is 9.91. The molecule has 0 aromatic heterocycles. The van der Waals surface area contributed by atoms with Crippen LogP contribution >= 0.6 is 11.8 Å². The number of thioether (sulfide) groups is 1. The summed E-state index contributed by atoms with van der Waals surface area (Å²) in [5.41, 5.74) is 6.57. The van der Waals surface area contributed by atoms with Crippen LogP contribution in [0.15, 0.2) is 18.2 Å². The Bertz CT molecular complexity index is 380. The predicted molar refractivity (Wildman–Crippen MR) is 73.5 cm³/mol. The maximum Gasteiger partial charge on any atom is 0.150 e. The maximum absolute atomic E-state index is 13.7. The zero-order valence-electron chi connectivity index (χ0n) is 10.3. The van der Waals surface area contributed by atoms with Crippen LogP contribution in [0, 0.1) is 11.7 Å². The number of hydrogen-bond donors (Lipinski definition) is 1. The minimum absolute atomic E-state index is 0.233. The number of anilines is 1. The summed E-state index contributed by atoms with van der Waals surface area (Å²) in [4.78, 5) is 0. The molecule has 94 valence electrons. The molecule has 0 amide bonds. The Morgan fingerprint density at radius 1 is 1.41 bits per heavy atom. The summed E-state index contributed by atoms with van der Waals surface area (Å²) in [5, 5.41) is 0.694. The van der Waals surface area contributed by atoms with Gasteiger partial charge >= 0.3 is 0 Å². The van der Waals surface area contributed by atoms with Gasteiger partial charge in [-0.15, -0.1) is 0 Å². The molecule has 1 fully saturated rings. The van der Waals surface area contributed by atoms with E-state index in [-0.39, 0.29) is 11.5 Å². The van der Waals surface area contributed by atoms with Crippen molar-refractivity contribution in [3.63, 3.8) is 0 Å². The van der Waals surface area contributed by atoms with Crippen molar-refractivity contribution in [2.45, 2.75) is 43.6 Å². The first-order valence-corrected chi connectivity index (χ1v) is 7.36. The Morgan fingerprint density at radius 3 is 3.00 bits per heavy atom. The van der Waals surface area contributed by atoms with Gasteiger partial charge in [0.05, 0.1) is 5.69 Å². The minimum Gasteiger partial charge on any atom is -0.396 e. The van der Waals surface area contributed by atoms with Gasteiger partial charge in [0.15, 0.2) is 0 Å². The summed E-state index contributed by atoms with van der Waals surface area (Å²) < 4.78 is 13.7. The van der Waals surface area contributed by atoms with Crippen LogP contribution in [0.3, 0.4) is 0 Å². The van der Waals surface area contributed by atoms with Crippen LogP contribution < -0.4 is 5.73 Å². The second-order valence-electron chi connectivity index (χ2n) is 5.03. The summed E-state index contributed by atoms with van der Waals surface area (Å²) in [6.45, 7) is 2.31. The van der Waals surface area contributed by atoms with Crippen LogP contribution in [-0.4, -0.2) is 5.25 Å². The van der Waals surface area contributed by atoms with E-state index in [1.165, 1.54) is 25.7 Å². The molecule has 2 atom stereocenters. The fourth-order valence-electron chi connectivity index (χ4n) is 2.45. The third-order valence-corrected chi connectivity index (χ3v) is 4.85. The Hall–Kier alpha value is -0.700. The van der Waals surface area contributed by atoms with Gasteiger partial charge in [-0.3, -0.25) is 0 Å². The first kappa shape index (κ1) is 12.7.